The predicted octanol–water partition coefficient (Wildman–Crippen LogP) is 2.56. The van der Waals surface area contributed by atoms with Crippen LogP contribution in [0, 0.1) is 5.92 Å². The molecule has 0 aliphatic heterocycles. The van der Waals surface area contributed by atoms with Gasteiger partial charge in [0, 0.05) is 19.3 Å². The first-order valence-corrected chi connectivity index (χ1v) is 7.23. The molecule has 3 heteroatoms. The Bertz CT molecular complexity index is 472. The number of amides is 1. The van der Waals surface area contributed by atoms with E-state index in [4.69, 9.17) is 5.73 Å². The van der Waals surface area contributed by atoms with Gasteiger partial charge in [-0.05, 0) is 49.3 Å². The Balaban J connectivity index is 1.72. The molecule has 0 aromatic heterocycles. The van der Waals surface area contributed by atoms with Crippen molar-refractivity contribution in [2.45, 2.75) is 37.5 Å². The van der Waals surface area contributed by atoms with Crippen LogP contribution < -0.4 is 5.73 Å². The van der Waals surface area contributed by atoms with Crippen LogP contribution in [0.3, 0.4) is 0 Å². The zero-order valence-corrected chi connectivity index (χ0v) is 11.6. The summed E-state index contributed by atoms with van der Waals surface area (Å²) in [7, 11) is 1.96. The van der Waals surface area contributed by atoms with Gasteiger partial charge in [0.1, 0.15) is 0 Å². The highest BCUT2D eigenvalue weighted by Crippen LogP contribution is 2.49. The third kappa shape index (κ3) is 2.22. The first-order valence-electron chi connectivity index (χ1n) is 7.23. The summed E-state index contributed by atoms with van der Waals surface area (Å²) in [5.41, 5.74) is 7.37. The van der Waals surface area contributed by atoms with Gasteiger partial charge >= 0.3 is 0 Å². The maximum atomic E-state index is 12.7. The van der Waals surface area contributed by atoms with E-state index in [2.05, 4.69) is 0 Å². The number of anilines is 1. The van der Waals surface area contributed by atoms with E-state index in [1.54, 1.807) is 0 Å². The fraction of sp³-hybridized carbons (Fsp3) is 0.562. The van der Waals surface area contributed by atoms with E-state index >= 15 is 0 Å². The van der Waals surface area contributed by atoms with E-state index in [-0.39, 0.29) is 5.41 Å². The van der Waals surface area contributed by atoms with Crippen molar-refractivity contribution in [1.29, 1.82) is 0 Å². The summed E-state index contributed by atoms with van der Waals surface area (Å²) in [5, 5.41) is 0. The fourth-order valence-corrected chi connectivity index (χ4v) is 3.06. The van der Waals surface area contributed by atoms with Gasteiger partial charge in [-0.3, -0.25) is 4.79 Å². The minimum atomic E-state index is -0.244. The third-order valence-corrected chi connectivity index (χ3v) is 4.73. The normalized spacial score (nSPS) is 20.7. The first kappa shape index (κ1) is 12.5. The Morgan fingerprint density at radius 1 is 1.32 bits per heavy atom. The van der Waals surface area contributed by atoms with Crippen LogP contribution in [0.4, 0.5) is 5.69 Å². The molecule has 0 atom stereocenters. The Kier molecular flexibility index (Phi) is 3.00. The summed E-state index contributed by atoms with van der Waals surface area (Å²) in [6.45, 7) is 0.926. The molecule has 0 spiro atoms. The van der Waals surface area contributed by atoms with Crippen LogP contribution in [0.15, 0.2) is 24.3 Å². The van der Waals surface area contributed by atoms with Gasteiger partial charge < -0.3 is 10.6 Å². The molecule has 0 heterocycles. The molecule has 2 aliphatic rings. The molecular formula is C16H22N2O. The number of hydrogen-bond donors (Lipinski definition) is 1. The largest absolute Gasteiger partial charge is 0.399 e. The van der Waals surface area contributed by atoms with Crippen molar-refractivity contribution in [3.8, 4) is 0 Å². The van der Waals surface area contributed by atoms with Gasteiger partial charge in [0.15, 0.2) is 0 Å². The lowest BCUT2D eigenvalue weighted by atomic mass is 9.84. The lowest BCUT2D eigenvalue weighted by Crippen LogP contribution is -2.40. The average Bonchev–Trinajstić information content (AvgIpc) is 3.15. The second-order valence-electron chi connectivity index (χ2n) is 6.19. The summed E-state index contributed by atoms with van der Waals surface area (Å²) < 4.78 is 0. The van der Waals surface area contributed by atoms with Crippen LogP contribution >= 0.6 is 0 Å². The van der Waals surface area contributed by atoms with Crippen LogP contribution in [-0.4, -0.2) is 24.4 Å². The first-order chi connectivity index (χ1) is 9.12. The van der Waals surface area contributed by atoms with E-state index in [0.717, 1.165) is 36.6 Å². The quantitative estimate of drug-likeness (QED) is 0.844. The average molecular weight is 258 g/mol. The topological polar surface area (TPSA) is 46.3 Å². The highest BCUT2D eigenvalue weighted by molar-refractivity contribution is 5.91. The van der Waals surface area contributed by atoms with Gasteiger partial charge in [-0.25, -0.2) is 0 Å². The van der Waals surface area contributed by atoms with Crippen LogP contribution in [0.5, 0.6) is 0 Å². The van der Waals surface area contributed by atoms with Crippen molar-refractivity contribution in [2.24, 2.45) is 5.92 Å². The molecule has 0 saturated heterocycles. The molecule has 1 aromatic carbocycles. The predicted molar refractivity (Wildman–Crippen MR) is 76.7 cm³/mol. The smallest absolute Gasteiger partial charge is 0.232 e. The molecule has 0 bridgehead atoms. The number of benzene rings is 1. The zero-order chi connectivity index (χ0) is 13.5. The maximum Gasteiger partial charge on any atom is 0.232 e. The highest BCUT2D eigenvalue weighted by atomic mass is 16.2. The Hall–Kier alpha value is -1.51. The summed E-state index contributed by atoms with van der Waals surface area (Å²) in [6.07, 6.45) is 5.85. The van der Waals surface area contributed by atoms with E-state index in [0.29, 0.717) is 5.91 Å². The third-order valence-electron chi connectivity index (χ3n) is 4.73. The van der Waals surface area contributed by atoms with Gasteiger partial charge in [0.25, 0.3) is 0 Å². The Labute approximate surface area is 114 Å². The number of carbonyl (C=O) groups is 1. The van der Waals surface area contributed by atoms with Gasteiger partial charge in [-0.2, -0.15) is 0 Å². The molecule has 3 rings (SSSR count). The molecule has 102 valence electrons. The number of rotatable bonds is 4. The molecule has 1 amide bonds. The molecule has 0 unspecified atom stereocenters. The van der Waals surface area contributed by atoms with Gasteiger partial charge in [-0.1, -0.05) is 18.6 Å². The highest BCUT2D eigenvalue weighted by Gasteiger charge is 2.52. The van der Waals surface area contributed by atoms with Crippen molar-refractivity contribution in [2.75, 3.05) is 19.3 Å². The molecule has 19 heavy (non-hydrogen) atoms. The molecule has 2 N–H and O–H groups in total. The summed E-state index contributed by atoms with van der Waals surface area (Å²) >= 11 is 0. The van der Waals surface area contributed by atoms with Crippen molar-refractivity contribution < 1.29 is 4.79 Å². The lowest BCUT2D eigenvalue weighted by molar-refractivity contribution is -0.133. The van der Waals surface area contributed by atoms with E-state index in [9.17, 15) is 4.79 Å². The summed E-state index contributed by atoms with van der Waals surface area (Å²) in [4.78, 5) is 14.6. The van der Waals surface area contributed by atoms with E-state index < -0.39 is 0 Å². The zero-order valence-electron chi connectivity index (χ0n) is 11.6. The van der Waals surface area contributed by atoms with Crippen molar-refractivity contribution in [1.82, 2.24) is 4.90 Å². The van der Waals surface area contributed by atoms with E-state index in [1.165, 1.54) is 19.3 Å². The van der Waals surface area contributed by atoms with Crippen LogP contribution in [0.1, 0.15) is 37.7 Å². The molecule has 1 aromatic rings. The number of nitrogens with two attached hydrogens (primary N) is 1. The molecule has 2 fully saturated rings. The monoisotopic (exact) mass is 258 g/mol. The number of nitrogen functional groups attached to an aromatic ring is 1. The number of hydrogen-bond acceptors (Lipinski definition) is 2. The molecule has 2 aliphatic carbocycles. The molecule has 0 radical (unpaired) electrons. The van der Waals surface area contributed by atoms with Crippen LogP contribution in [-0.2, 0) is 10.2 Å². The second kappa shape index (κ2) is 4.55. The van der Waals surface area contributed by atoms with Crippen molar-refractivity contribution in [3.05, 3.63) is 29.8 Å². The SMILES string of the molecule is CN(CC1CCC1)C(=O)C1(c2ccc(N)cc2)CC1. The Morgan fingerprint density at radius 2 is 1.95 bits per heavy atom. The van der Waals surface area contributed by atoms with Crippen LogP contribution in [0.2, 0.25) is 0 Å². The van der Waals surface area contributed by atoms with Gasteiger partial charge in [0.05, 0.1) is 5.41 Å². The summed E-state index contributed by atoms with van der Waals surface area (Å²) in [6, 6.07) is 7.82. The molecular weight excluding hydrogens is 236 g/mol. The van der Waals surface area contributed by atoms with Gasteiger partial charge in [-0.15, -0.1) is 0 Å². The molecule has 2 saturated carbocycles. The van der Waals surface area contributed by atoms with Crippen molar-refractivity contribution >= 4 is 11.6 Å². The standard InChI is InChI=1S/C16H22N2O/c1-18(11-12-3-2-4-12)15(19)16(9-10-16)13-5-7-14(17)8-6-13/h5-8,12H,2-4,9-11,17H2,1H3. The summed E-state index contributed by atoms with van der Waals surface area (Å²) in [5.74, 6) is 1.03. The second-order valence-corrected chi connectivity index (χ2v) is 6.19. The van der Waals surface area contributed by atoms with Crippen molar-refractivity contribution in [3.63, 3.8) is 0 Å². The molecule has 3 nitrogen and oxygen atoms in total. The van der Waals surface area contributed by atoms with Gasteiger partial charge in [0.2, 0.25) is 5.91 Å². The Morgan fingerprint density at radius 3 is 2.42 bits per heavy atom. The maximum absolute atomic E-state index is 12.7. The van der Waals surface area contributed by atoms with Crippen LogP contribution in [0.25, 0.3) is 0 Å². The number of likely N-dealkylation sites (N-methyl/N-ethyl adjacent to an activating group) is 1. The minimum Gasteiger partial charge on any atom is -0.399 e. The fourth-order valence-electron chi connectivity index (χ4n) is 3.06. The minimum absolute atomic E-state index is 0.244. The lowest BCUT2D eigenvalue weighted by Gasteiger charge is -2.32. The number of nitrogens with zero attached hydrogens (tertiary/aromatic N) is 1. The van der Waals surface area contributed by atoms with E-state index in [1.807, 2.05) is 36.2 Å². The number of carbonyl (C=O) groups excluding carboxylic acids is 1.